The fourth-order valence-corrected chi connectivity index (χ4v) is 8.95. The van der Waals surface area contributed by atoms with E-state index >= 15 is 0 Å². The molecule has 4 aromatic heterocycles. The number of esters is 2. The Labute approximate surface area is 336 Å². The molecule has 10 rings (SSSR count). The number of ether oxygens (including phenoxy) is 4. The SMILES string of the molecule is CCC1(O)C(=O)OCc2c1cc1n(c2=O)Cc2c-1nc1ccccc1c2C(OC)OC.CCC1(O)C(=O)OCc2c1cc1n(c2=O)Cc2c-1nc1ccccc1c2CO. The van der Waals surface area contributed by atoms with Crippen molar-refractivity contribution >= 4 is 33.7 Å². The summed E-state index contributed by atoms with van der Waals surface area (Å²) < 4.78 is 24.5. The summed E-state index contributed by atoms with van der Waals surface area (Å²) >= 11 is 0. The molecule has 15 heteroatoms. The maximum absolute atomic E-state index is 13.4. The molecule has 3 N–H and O–H groups in total. The molecule has 4 aliphatic rings. The third-order valence-electron chi connectivity index (χ3n) is 12.2. The molecule has 0 spiro atoms. The molecule has 4 aliphatic heterocycles. The summed E-state index contributed by atoms with van der Waals surface area (Å²) in [6, 6.07) is 18.5. The molecule has 0 fully saturated rings. The van der Waals surface area contributed by atoms with E-state index in [1.165, 1.54) is 0 Å². The number of pyridine rings is 4. The highest BCUT2D eigenvalue weighted by atomic mass is 16.7. The number of aliphatic hydroxyl groups excluding tert-OH is 1. The molecule has 6 aromatic rings. The van der Waals surface area contributed by atoms with E-state index in [0.29, 0.717) is 39.4 Å². The van der Waals surface area contributed by atoms with Gasteiger partial charge >= 0.3 is 11.9 Å². The molecule has 15 nitrogen and oxygen atoms in total. The number of carbonyl (C=O) groups excluding carboxylic acids is 2. The van der Waals surface area contributed by atoms with Crippen LogP contribution >= 0.6 is 0 Å². The number of fused-ring (bicyclic) bond motifs is 10. The Kier molecular flexibility index (Phi) is 9.14. The fraction of sp³-hybridized carbons (Fsp3) is 0.318. The molecule has 0 saturated carbocycles. The second kappa shape index (κ2) is 14.0. The van der Waals surface area contributed by atoms with Gasteiger partial charge in [0.25, 0.3) is 11.1 Å². The second-order valence-corrected chi connectivity index (χ2v) is 15.0. The van der Waals surface area contributed by atoms with Gasteiger partial charge in [-0.05, 0) is 42.7 Å². The van der Waals surface area contributed by atoms with E-state index in [9.17, 15) is 34.5 Å². The van der Waals surface area contributed by atoms with Gasteiger partial charge in [-0.2, -0.15) is 0 Å². The van der Waals surface area contributed by atoms with E-state index in [1.54, 1.807) is 49.3 Å². The lowest BCUT2D eigenvalue weighted by Gasteiger charge is -2.31. The van der Waals surface area contributed by atoms with Crippen molar-refractivity contribution < 1.29 is 43.9 Å². The standard InChI is InChI=1S/C23H22N2O6.C21H18N2O5/c1-4-23(28)15-9-17-19-13(10-25(17)20(26)14(15)11-31-22(23)27)18(21(29-2)30-3)12-7-5-6-8-16(12)24-19;1-2-21(27)15-7-17-18-12(8-23(17)19(25)14(15)10-28-20(21)26)13(9-24)11-5-3-4-6-16(11)22-18/h5-9,21,28H,4,10-11H2,1-3H3;3-7,24,27H,2,8-10H2,1H3. The Hall–Kier alpha value is -6.10. The monoisotopic (exact) mass is 800 g/mol. The van der Waals surface area contributed by atoms with E-state index in [0.717, 1.165) is 38.5 Å². The van der Waals surface area contributed by atoms with Crippen LogP contribution in [0.15, 0.2) is 70.3 Å². The molecule has 2 aromatic carbocycles. The molecule has 0 radical (unpaired) electrons. The summed E-state index contributed by atoms with van der Waals surface area (Å²) in [7, 11) is 3.13. The largest absolute Gasteiger partial charge is 0.458 e. The highest BCUT2D eigenvalue weighted by Gasteiger charge is 2.47. The van der Waals surface area contributed by atoms with Gasteiger partial charge in [0, 0.05) is 52.8 Å². The highest BCUT2D eigenvalue weighted by Crippen LogP contribution is 2.43. The van der Waals surface area contributed by atoms with E-state index in [-0.39, 0.29) is 68.0 Å². The van der Waals surface area contributed by atoms with Crippen LogP contribution in [0.1, 0.15) is 77.5 Å². The van der Waals surface area contributed by atoms with Crippen molar-refractivity contribution in [3.63, 3.8) is 0 Å². The molecule has 0 amide bonds. The van der Waals surface area contributed by atoms with Gasteiger partial charge in [0.1, 0.15) is 13.2 Å². The van der Waals surface area contributed by atoms with Crippen LogP contribution in [0, 0.1) is 0 Å². The first-order valence-corrected chi connectivity index (χ1v) is 19.3. The van der Waals surface area contributed by atoms with Crippen LogP contribution in [0.3, 0.4) is 0 Å². The molecule has 2 atom stereocenters. The Balaban J connectivity index is 0.000000153. The number of methoxy groups -OCH3 is 2. The van der Waals surface area contributed by atoms with E-state index in [1.807, 2.05) is 48.5 Å². The highest BCUT2D eigenvalue weighted by molar-refractivity contribution is 5.90. The third kappa shape index (κ3) is 5.46. The Bertz CT molecular complexity index is 2920. The maximum atomic E-state index is 13.4. The third-order valence-corrected chi connectivity index (χ3v) is 12.2. The normalized spacial score (nSPS) is 19.6. The summed E-state index contributed by atoms with van der Waals surface area (Å²) in [5.41, 5.74) is 3.77. The average molecular weight is 801 g/mol. The summed E-state index contributed by atoms with van der Waals surface area (Å²) in [5, 5.41) is 33.6. The predicted molar refractivity (Wildman–Crippen MR) is 212 cm³/mol. The zero-order chi connectivity index (χ0) is 41.5. The first-order chi connectivity index (χ1) is 28.4. The second-order valence-electron chi connectivity index (χ2n) is 15.0. The van der Waals surface area contributed by atoms with Crippen molar-refractivity contribution in [3.8, 4) is 22.8 Å². The van der Waals surface area contributed by atoms with Crippen molar-refractivity contribution in [1.82, 2.24) is 19.1 Å². The van der Waals surface area contributed by atoms with Crippen LogP contribution in [0.4, 0.5) is 0 Å². The van der Waals surface area contributed by atoms with E-state index < -0.39 is 29.4 Å². The number of benzene rings is 2. The molecular formula is C44H40N4O11. The molecule has 2 unspecified atom stereocenters. The van der Waals surface area contributed by atoms with E-state index in [4.69, 9.17) is 28.9 Å². The Morgan fingerprint density at radius 1 is 0.695 bits per heavy atom. The van der Waals surface area contributed by atoms with E-state index in [2.05, 4.69) is 0 Å². The van der Waals surface area contributed by atoms with Gasteiger partial charge < -0.3 is 43.4 Å². The number of cyclic esters (lactones) is 2. The first kappa shape index (κ1) is 38.4. The van der Waals surface area contributed by atoms with Gasteiger partial charge in [0.2, 0.25) is 0 Å². The first-order valence-electron chi connectivity index (χ1n) is 19.3. The van der Waals surface area contributed by atoms with Crippen LogP contribution in [0.25, 0.3) is 44.6 Å². The Morgan fingerprint density at radius 2 is 1.15 bits per heavy atom. The number of hydrogen-bond donors (Lipinski definition) is 3. The predicted octanol–water partition coefficient (Wildman–Crippen LogP) is 3.94. The topological polar surface area (TPSA) is 202 Å². The zero-order valence-corrected chi connectivity index (χ0v) is 32.7. The number of para-hydroxylation sites is 2. The molecule has 59 heavy (non-hydrogen) atoms. The smallest absolute Gasteiger partial charge is 0.343 e. The van der Waals surface area contributed by atoms with Gasteiger partial charge in [-0.1, -0.05) is 50.2 Å². The number of hydrogen-bond acceptors (Lipinski definition) is 13. The molecule has 0 saturated heterocycles. The van der Waals surface area contributed by atoms with Crippen LogP contribution in [-0.4, -0.2) is 60.6 Å². The lowest BCUT2D eigenvalue weighted by atomic mass is 9.86. The minimum Gasteiger partial charge on any atom is -0.458 e. The number of aliphatic hydroxyl groups is 3. The minimum atomic E-state index is -1.85. The number of nitrogens with zero attached hydrogens (tertiary/aromatic N) is 4. The fourth-order valence-electron chi connectivity index (χ4n) is 8.95. The lowest BCUT2D eigenvalue weighted by molar-refractivity contribution is -0.172. The van der Waals surface area contributed by atoms with Crippen LogP contribution in [-0.2, 0) is 72.6 Å². The van der Waals surface area contributed by atoms with Gasteiger partial charge in [-0.3, -0.25) is 9.59 Å². The number of carbonyl (C=O) groups is 2. The van der Waals surface area contributed by atoms with Crippen molar-refractivity contribution in [2.75, 3.05) is 14.2 Å². The number of aromatic nitrogens is 4. The molecule has 0 aliphatic carbocycles. The number of rotatable bonds is 6. The van der Waals surface area contributed by atoms with Crippen molar-refractivity contribution in [3.05, 3.63) is 126 Å². The summed E-state index contributed by atoms with van der Waals surface area (Å²) in [4.78, 5) is 60.6. The Morgan fingerprint density at radius 3 is 1.64 bits per heavy atom. The van der Waals surface area contributed by atoms with Crippen molar-refractivity contribution in [2.45, 2.75) is 77.1 Å². The quantitative estimate of drug-likeness (QED) is 0.161. The van der Waals surface area contributed by atoms with Gasteiger partial charge in [-0.25, -0.2) is 19.6 Å². The summed E-state index contributed by atoms with van der Waals surface area (Å²) in [5.74, 6) is -1.48. The minimum absolute atomic E-state index is 0.0976. The average Bonchev–Trinajstić information content (AvgIpc) is 3.82. The summed E-state index contributed by atoms with van der Waals surface area (Å²) in [6.07, 6.45) is -0.444. The van der Waals surface area contributed by atoms with Gasteiger partial charge in [-0.15, -0.1) is 0 Å². The van der Waals surface area contributed by atoms with Crippen LogP contribution < -0.4 is 11.1 Å². The lowest BCUT2D eigenvalue weighted by Crippen LogP contribution is -2.44. The van der Waals surface area contributed by atoms with Crippen molar-refractivity contribution in [2.24, 2.45) is 0 Å². The maximum Gasteiger partial charge on any atom is 0.343 e. The molecular weight excluding hydrogens is 761 g/mol. The van der Waals surface area contributed by atoms with Gasteiger partial charge in [0.05, 0.1) is 64.6 Å². The van der Waals surface area contributed by atoms with Crippen LogP contribution in [0.5, 0.6) is 0 Å². The molecule has 8 heterocycles. The zero-order valence-electron chi connectivity index (χ0n) is 32.7. The van der Waals surface area contributed by atoms with Crippen molar-refractivity contribution in [1.29, 1.82) is 0 Å². The molecule has 302 valence electrons. The summed E-state index contributed by atoms with van der Waals surface area (Å²) in [6.45, 7) is 3.43. The van der Waals surface area contributed by atoms with Gasteiger partial charge in [0.15, 0.2) is 17.5 Å². The molecule has 0 bridgehead atoms. The van der Waals surface area contributed by atoms with Crippen LogP contribution in [0.2, 0.25) is 0 Å².